The first-order valence-electron chi connectivity index (χ1n) is 6.00. The predicted molar refractivity (Wildman–Crippen MR) is 83.4 cm³/mol. The van der Waals surface area contributed by atoms with Gasteiger partial charge in [-0.05, 0) is 18.6 Å². The lowest BCUT2D eigenvalue weighted by molar-refractivity contribution is 0.0971. The minimum absolute atomic E-state index is 0.0453. The van der Waals surface area contributed by atoms with Crippen molar-refractivity contribution < 1.29 is 17.9 Å². The summed E-state index contributed by atoms with van der Waals surface area (Å²) in [6.07, 6.45) is 2.02. The zero-order valence-corrected chi connectivity index (χ0v) is 14.8. The summed E-state index contributed by atoms with van der Waals surface area (Å²) in [7, 11) is 1.43. The van der Waals surface area contributed by atoms with Gasteiger partial charge in [-0.25, -0.2) is 8.42 Å². The summed E-state index contributed by atoms with van der Waals surface area (Å²) >= 11 is 9.15. The Morgan fingerprint density at radius 1 is 1.25 bits per heavy atom. The van der Waals surface area contributed by atoms with Crippen LogP contribution in [0.3, 0.4) is 0 Å². The molecule has 0 atom stereocenters. The molecule has 0 saturated carbocycles. The van der Waals surface area contributed by atoms with E-state index in [-0.39, 0.29) is 22.3 Å². The fourth-order valence-electron chi connectivity index (χ4n) is 1.41. The van der Waals surface area contributed by atoms with Crippen LogP contribution in [0, 0.1) is 0 Å². The number of ether oxygens (including phenoxy) is 2. The number of rotatable bonds is 8. The van der Waals surface area contributed by atoms with E-state index in [0.717, 1.165) is 12.8 Å². The van der Waals surface area contributed by atoms with Crippen LogP contribution in [-0.4, -0.2) is 28.2 Å². The Balaban J connectivity index is 2.74. The van der Waals surface area contributed by atoms with Crippen LogP contribution in [0.15, 0.2) is 21.5 Å². The van der Waals surface area contributed by atoms with Crippen LogP contribution in [0.2, 0.25) is 5.02 Å². The van der Waals surface area contributed by atoms with E-state index in [1.807, 2.05) is 0 Å². The van der Waals surface area contributed by atoms with Crippen LogP contribution in [0.1, 0.15) is 19.8 Å². The van der Waals surface area contributed by atoms with E-state index in [9.17, 15) is 8.42 Å². The number of hydrogen-bond acceptors (Lipinski definition) is 4. The third-order valence-electron chi connectivity index (χ3n) is 2.35. The molecule has 114 valence electrons. The van der Waals surface area contributed by atoms with Gasteiger partial charge in [0.15, 0.2) is 5.75 Å². The molecule has 0 aliphatic carbocycles. The molecule has 1 rings (SSSR count). The van der Waals surface area contributed by atoms with E-state index in [4.69, 9.17) is 31.8 Å². The minimum atomic E-state index is -3.94. The molecule has 0 amide bonds. The second-order valence-corrected chi connectivity index (χ2v) is 7.82. The van der Waals surface area contributed by atoms with Gasteiger partial charge in [0.05, 0.1) is 11.6 Å². The summed E-state index contributed by atoms with van der Waals surface area (Å²) in [6, 6.07) is 2.89. The summed E-state index contributed by atoms with van der Waals surface area (Å²) in [5, 5.41) is 0.173. The molecule has 8 heteroatoms. The third kappa shape index (κ3) is 5.77. The van der Waals surface area contributed by atoms with E-state index in [0.29, 0.717) is 17.7 Å². The zero-order chi connectivity index (χ0) is 15.2. The Labute approximate surface area is 136 Å². The number of hydrogen-bond donors (Lipinski definition) is 0. The van der Waals surface area contributed by atoms with Crippen molar-refractivity contribution >= 4 is 47.3 Å². The van der Waals surface area contributed by atoms with Gasteiger partial charge in [0, 0.05) is 21.8 Å². The summed E-state index contributed by atoms with van der Waals surface area (Å²) in [5.41, 5.74) is 0. The molecule has 0 spiro atoms. The van der Waals surface area contributed by atoms with E-state index >= 15 is 0 Å². The van der Waals surface area contributed by atoms with E-state index in [1.54, 1.807) is 6.07 Å². The van der Waals surface area contributed by atoms with Gasteiger partial charge in [0.25, 0.3) is 9.05 Å². The van der Waals surface area contributed by atoms with Crippen molar-refractivity contribution in [2.24, 2.45) is 0 Å². The zero-order valence-electron chi connectivity index (χ0n) is 10.9. The molecule has 0 aliphatic rings. The van der Waals surface area contributed by atoms with Crippen molar-refractivity contribution in [1.29, 1.82) is 0 Å². The van der Waals surface area contributed by atoms with Crippen LogP contribution in [0.5, 0.6) is 5.75 Å². The van der Waals surface area contributed by atoms with Crippen LogP contribution in [0.25, 0.3) is 0 Å². The average Bonchev–Trinajstić information content (AvgIpc) is 2.34. The smallest absolute Gasteiger partial charge is 0.265 e. The SMILES string of the molecule is CCCCOCCOc1c(Cl)cc(Br)cc1S(=O)(=O)Cl. The molecule has 0 heterocycles. The molecule has 0 N–H and O–H groups in total. The molecule has 4 nitrogen and oxygen atoms in total. The summed E-state index contributed by atoms with van der Waals surface area (Å²) in [6.45, 7) is 3.27. The highest BCUT2D eigenvalue weighted by atomic mass is 79.9. The summed E-state index contributed by atoms with van der Waals surface area (Å²) in [4.78, 5) is -0.160. The van der Waals surface area contributed by atoms with Crippen molar-refractivity contribution in [3.63, 3.8) is 0 Å². The maximum absolute atomic E-state index is 11.5. The fourth-order valence-corrected chi connectivity index (χ4v) is 3.48. The quantitative estimate of drug-likeness (QED) is 0.479. The third-order valence-corrected chi connectivity index (χ3v) is 4.42. The average molecular weight is 406 g/mol. The van der Waals surface area contributed by atoms with E-state index in [1.165, 1.54) is 6.07 Å². The Kier molecular flexibility index (Phi) is 7.61. The first-order valence-corrected chi connectivity index (χ1v) is 9.48. The second-order valence-electron chi connectivity index (χ2n) is 3.97. The van der Waals surface area contributed by atoms with Gasteiger partial charge >= 0.3 is 0 Å². The highest BCUT2D eigenvalue weighted by Gasteiger charge is 2.20. The maximum Gasteiger partial charge on any atom is 0.265 e. The molecule has 0 bridgehead atoms. The molecule has 1 aromatic rings. The molecule has 0 aliphatic heterocycles. The first-order chi connectivity index (χ1) is 9.36. The van der Waals surface area contributed by atoms with Crippen LogP contribution >= 0.6 is 38.2 Å². The van der Waals surface area contributed by atoms with E-state index in [2.05, 4.69) is 22.9 Å². The summed E-state index contributed by atoms with van der Waals surface area (Å²) < 4.78 is 34.2. The Bertz CT molecular complexity index is 549. The van der Waals surface area contributed by atoms with Gasteiger partial charge in [-0.15, -0.1) is 0 Å². The van der Waals surface area contributed by atoms with Crippen LogP contribution < -0.4 is 4.74 Å². The van der Waals surface area contributed by atoms with Crippen molar-refractivity contribution in [2.75, 3.05) is 19.8 Å². The van der Waals surface area contributed by atoms with Crippen molar-refractivity contribution in [3.8, 4) is 5.75 Å². The van der Waals surface area contributed by atoms with Crippen LogP contribution in [0.4, 0.5) is 0 Å². The molecule has 20 heavy (non-hydrogen) atoms. The number of benzene rings is 1. The largest absolute Gasteiger partial charge is 0.488 e. The Morgan fingerprint density at radius 3 is 2.55 bits per heavy atom. The van der Waals surface area contributed by atoms with Gasteiger partial charge in [0.2, 0.25) is 0 Å². The topological polar surface area (TPSA) is 52.6 Å². The summed E-state index contributed by atoms with van der Waals surface area (Å²) in [5.74, 6) is 0.0453. The van der Waals surface area contributed by atoms with Crippen molar-refractivity contribution in [3.05, 3.63) is 21.6 Å². The molecule has 0 fully saturated rings. The molecule has 1 aromatic carbocycles. The lowest BCUT2D eigenvalue weighted by Gasteiger charge is -2.12. The standard InChI is InChI=1S/C12H15BrCl2O4S/c1-2-3-4-18-5-6-19-12-10(14)7-9(13)8-11(12)20(15,16)17/h7-8H,2-6H2,1H3. The van der Waals surface area contributed by atoms with Gasteiger partial charge in [-0.2, -0.15) is 0 Å². The van der Waals surface area contributed by atoms with E-state index < -0.39 is 9.05 Å². The molecule has 0 aromatic heterocycles. The predicted octanol–water partition coefficient (Wildman–Crippen LogP) is 4.23. The lowest BCUT2D eigenvalue weighted by atomic mass is 10.3. The highest BCUT2D eigenvalue weighted by Crippen LogP contribution is 2.37. The number of unbranched alkanes of at least 4 members (excludes halogenated alkanes) is 1. The molecular formula is C12H15BrCl2O4S. The maximum atomic E-state index is 11.5. The Hall–Kier alpha value is -0.0100. The molecular weight excluding hydrogens is 391 g/mol. The molecule has 0 radical (unpaired) electrons. The number of halogens is 3. The van der Waals surface area contributed by atoms with Gasteiger partial charge in [-0.3, -0.25) is 0 Å². The van der Waals surface area contributed by atoms with Crippen molar-refractivity contribution in [1.82, 2.24) is 0 Å². The first kappa shape index (κ1) is 18.0. The Morgan fingerprint density at radius 2 is 1.95 bits per heavy atom. The van der Waals surface area contributed by atoms with Gasteiger partial charge in [-0.1, -0.05) is 40.9 Å². The van der Waals surface area contributed by atoms with Crippen LogP contribution in [-0.2, 0) is 13.8 Å². The van der Waals surface area contributed by atoms with Gasteiger partial charge < -0.3 is 9.47 Å². The second kappa shape index (κ2) is 8.44. The van der Waals surface area contributed by atoms with Crippen molar-refractivity contribution in [2.45, 2.75) is 24.7 Å². The molecule has 0 saturated heterocycles. The fraction of sp³-hybridized carbons (Fsp3) is 0.500. The molecule has 0 unspecified atom stereocenters. The van der Waals surface area contributed by atoms with Gasteiger partial charge in [0.1, 0.15) is 11.5 Å². The normalized spacial score (nSPS) is 11.6. The monoisotopic (exact) mass is 404 g/mol. The highest BCUT2D eigenvalue weighted by molar-refractivity contribution is 9.10. The minimum Gasteiger partial charge on any atom is -0.488 e. The lowest BCUT2D eigenvalue weighted by Crippen LogP contribution is -2.09.